The van der Waals surface area contributed by atoms with Crippen LogP contribution in [0.25, 0.3) is 0 Å². The number of halogens is 3. The van der Waals surface area contributed by atoms with Gasteiger partial charge in [-0.3, -0.25) is 4.90 Å². The number of rotatable bonds is 2. The lowest BCUT2D eigenvalue weighted by Gasteiger charge is -2.26. The fourth-order valence-corrected chi connectivity index (χ4v) is 1.60. The van der Waals surface area contributed by atoms with Crippen LogP contribution in [0.1, 0.15) is 0 Å². The molecule has 0 amide bonds. The van der Waals surface area contributed by atoms with Crippen molar-refractivity contribution in [3.63, 3.8) is 0 Å². The summed E-state index contributed by atoms with van der Waals surface area (Å²) in [6.45, 7) is 0. The molecule has 2 aromatic carbocycles. The molecule has 2 aromatic rings. The van der Waals surface area contributed by atoms with E-state index < -0.39 is 6.30 Å². The molecular weight excluding hydrogens is 227 g/mol. The first kappa shape index (κ1) is 11.5. The Bertz CT molecular complexity index is 426. The van der Waals surface area contributed by atoms with Crippen LogP contribution in [0.5, 0.6) is 0 Å². The predicted molar refractivity (Wildman–Crippen MR) is 61.1 cm³/mol. The Kier molecular flexibility index (Phi) is 3.04. The third kappa shape index (κ3) is 2.58. The number of alkyl halides is 3. The van der Waals surface area contributed by atoms with Gasteiger partial charge in [0.1, 0.15) is 0 Å². The maximum Gasteiger partial charge on any atom is 0.489 e. The molecule has 2 rings (SSSR count). The first-order valence-corrected chi connectivity index (χ1v) is 5.06. The number of para-hydroxylation sites is 2. The molecule has 0 saturated carbocycles. The van der Waals surface area contributed by atoms with Crippen molar-refractivity contribution < 1.29 is 13.2 Å². The van der Waals surface area contributed by atoms with E-state index in [1.54, 1.807) is 36.4 Å². The van der Waals surface area contributed by atoms with Gasteiger partial charge < -0.3 is 0 Å². The van der Waals surface area contributed by atoms with Crippen molar-refractivity contribution in [2.24, 2.45) is 0 Å². The molecule has 17 heavy (non-hydrogen) atoms. The molecule has 0 aromatic heterocycles. The third-order valence-corrected chi connectivity index (χ3v) is 2.28. The van der Waals surface area contributed by atoms with Crippen LogP contribution in [-0.4, -0.2) is 6.30 Å². The van der Waals surface area contributed by atoms with Gasteiger partial charge in [0.15, 0.2) is 0 Å². The second kappa shape index (κ2) is 4.49. The molecule has 0 heterocycles. The van der Waals surface area contributed by atoms with Crippen molar-refractivity contribution in [2.45, 2.75) is 6.30 Å². The molecule has 88 valence electrons. The summed E-state index contributed by atoms with van der Waals surface area (Å²) in [5.41, 5.74) is 0.206. The lowest BCUT2D eigenvalue weighted by Crippen LogP contribution is -2.33. The van der Waals surface area contributed by atoms with Crippen LogP contribution in [0, 0.1) is 0 Å². The van der Waals surface area contributed by atoms with E-state index in [9.17, 15) is 13.2 Å². The van der Waals surface area contributed by atoms with Crippen molar-refractivity contribution >= 4 is 11.4 Å². The minimum atomic E-state index is -4.44. The van der Waals surface area contributed by atoms with Crippen LogP contribution < -0.4 is 4.90 Å². The highest BCUT2D eigenvalue weighted by Gasteiger charge is 2.38. The van der Waals surface area contributed by atoms with Gasteiger partial charge >= 0.3 is 6.30 Å². The first-order chi connectivity index (χ1) is 8.09. The van der Waals surface area contributed by atoms with E-state index in [4.69, 9.17) is 0 Å². The van der Waals surface area contributed by atoms with E-state index in [0.29, 0.717) is 4.90 Å². The van der Waals surface area contributed by atoms with E-state index in [1.165, 1.54) is 24.3 Å². The van der Waals surface area contributed by atoms with E-state index in [2.05, 4.69) is 0 Å². The SMILES string of the molecule is FC(F)(F)N(c1ccccc1)c1ccccc1. The Hall–Kier alpha value is -1.97. The highest BCUT2D eigenvalue weighted by atomic mass is 19.4. The van der Waals surface area contributed by atoms with E-state index >= 15 is 0 Å². The van der Waals surface area contributed by atoms with Crippen molar-refractivity contribution in [3.05, 3.63) is 60.7 Å². The van der Waals surface area contributed by atoms with Crippen molar-refractivity contribution in [3.8, 4) is 0 Å². The van der Waals surface area contributed by atoms with Gasteiger partial charge in [-0.15, -0.1) is 13.2 Å². The van der Waals surface area contributed by atoms with Crippen LogP contribution in [0.2, 0.25) is 0 Å². The molecule has 0 N–H and O–H groups in total. The summed E-state index contributed by atoms with van der Waals surface area (Å²) in [6.07, 6.45) is -4.44. The molecule has 0 bridgehead atoms. The highest BCUT2D eigenvalue weighted by Crippen LogP contribution is 2.35. The number of anilines is 2. The minimum absolute atomic E-state index is 0.103. The molecular formula is C13H10F3N. The molecule has 0 atom stereocenters. The first-order valence-electron chi connectivity index (χ1n) is 5.06. The van der Waals surface area contributed by atoms with Gasteiger partial charge in [-0.2, -0.15) is 0 Å². The molecule has 0 spiro atoms. The summed E-state index contributed by atoms with van der Waals surface area (Å²) in [7, 11) is 0. The Morgan fingerprint density at radius 2 is 1.00 bits per heavy atom. The van der Waals surface area contributed by atoms with Crippen molar-refractivity contribution in [1.29, 1.82) is 0 Å². The van der Waals surface area contributed by atoms with Crippen LogP contribution in [-0.2, 0) is 0 Å². The fourth-order valence-electron chi connectivity index (χ4n) is 1.60. The van der Waals surface area contributed by atoms with E-state index in [1.807, 2.05) is 0 Å². The minimum Gasteiger partial charge on any atom is -0.253 e. The van der Waals surface area contributed by atoms with Crippen LogP contribution >= 0.6 is 0 Å². The quantitative estimate of drug-likeness (QED) is 0.702. The molecule has 0 aliphatic rings. The maximum absolute atomic E-state index is 13.0. The Labute approximate surface area is 97.1 Å². The normalized spacial score (nSPS) is 11.2. The molecule has 0 aliphatic heterocycles. The Morgan fingerprint density at radius 3 is 1.29 bits per heavy atom. The molecule has 0 fully saturated rings. The van der Waals surface area contributed by atoms with Crippen LogP contribution in [0.4, 0.5) is 24.5 Å². The number of hydrogen-bond acceptors (Lipinski definition) is 1. The highest BCUT2D eigenvalue weighted by molar-refractivity contribution is 5.63. The average molecular weight is 237 g/mol. The summed E-state index contributed by atoms with van der Waals surface area (Å²) >= 11 is 0. The molecule has 4 heteroatoms. The topological polar surface area (TPSA) is 3.24 Å². The second-order valence-corrected chi connectivity index (χ2v) is 3.47. The zero-order valence-electron chi connectivity index (χ0n) is 8.85. The monoisotopic (exact) mass is 237 g/mol. The molecule has 0 aliphatic carbocycles. The number of hydrogen-bond donors (Lipinski definition) is 0. The van der Waals surface area contributed by atoms with Gasteiger partial charge in [-0.05, 0) is 24.3 Å². The van der Waals surface area contributed by atoms with Gasteiger partial charge in [0.05, 0.1) is 0 Å². The van der Waals surface area contributed by atoms with Gasteiger partial charge in [0, 0.05) is 11.4 Å². The molecule has 0 unspecified atom stereocenters. The third-order valence-electron chi connectivity index (χ3n) is 2.28. The lowest BCUT2D eigenvalue weighted by atomic mass is 10.2. The summed E-state index contributed by atoms with van der Waals surface area (Å²) < 4.78 is 39.1. The van der Waals surface area contributed by atoms with E-state index in [0.717, 1.165) is 0 Å². The number of benzene rings is 2. The predicted octanol–water partition coefficient (Wildman–Crippen LogP) is 4.34. The zero-order valence-corrected chi connectivity index (χ0v) is 8.85. The zero-order chi connectivity index (χ0) is 12.3. The maximum atomic E-state index is 13.0. The smallest absolute Gasteiger partial charge is 0.253 e. The molecule has 0 radical (unpaired) electrons. The number of nitrogens with zero attached hydrogens (tertiary/aromatic N) is 1. The van der Waals surface area contributed by atoms with Crippen LogP contribution in [0.15, 0.2) is 60.7 Å². The Balaban J connectivity index is 2.48. The van der Waals surface area contributed by atoms with Crippen molar-refractivity contribution in [2.75, 3.05) is 4.90 Å². The van der Waals surface area contributed by atoms with Gasteiger partial charge in [-0.1, -0.05) is 36.4 Å². The molecule has 0 saturated heterocycles. The summed E-state index contributed by atoms with van der Waals surface area (Å²) in [6, 6.07) is 15.4. The average Bonchev–Trinajstić information content (AvgIpc) is 2.30. The van der Waals surface area contributed by atoms with Gasteiger partial charge in [-0.25, -0.2) is 0 Å². The second-order valence-electron chi connectivity index (χ2n) is 3.47. The van der Waals surface area contributed by atoms with Crippen LogP contribution in [0.3, 0.4) is 0 Å². The van der Waals surface area contributed by atoms with E-state index in [-0.39, 0.29) is 11.4 Å². The van der Waals surface area contributed by atoms with Gasteiger partial charge in [0.25, 0.3) is 0 Å². The van der Waals surface area contributed by atoms with Gasteiger partial charge in [0.2, 0.25) is 0 Å². The summed E-state index contributed by atoms with van der Waals surface area (Å²) in [5, 5.41) is 0. The molecule has 1 nitrogen and oxygen atoms in total. The fraction of sp³-hybridized carbons (Fsp3) is 0.0769. The Morgan fingerprint density at radius 1 is 0.647 bits per heavy atom. The summed E-state index contributed by atoms with van der Waals surface area (Å²) in [5.74, 6) is 0. The standard InChI is InChI=1S/C13H10F3N/c14-13(15,16)17(11-7-3-1-4-8-11)12-9-5-2-6-10-12/h1-10H. The lowest BCUT2D eigenvalue weighted by molar-refractivity contribution is -0.120. The summed E-state index contributed by atoms with van der Waals surface area (Å²) in [4.78, 5) is 0.354. The van der Waals surface area contributed by atoms with Crippen molar-refractivity contribution in [1.82, 2.24) is 0 Å². The largest absolute Gasteiger partial charge is 0.489 e.